The topological polar surface area (TPSA) is 77.5 Å². The average Bonchev–Trinajstić information content (AvgIpc) is 3.06. The number of benzene rings is 1. The van der Waals surface area contributed by atoms with E-state index in [1.54, 1.807) is 0 Å². The summed E-state index contributed by atoms with van der Waals surface area (Å²) in [6.07, 6.45) is 5.68. The Labute approximate surface area is 143 Å². The van der Waals surface area contributed by atoms with E-state index in [4.69, 9.17) is 10.5 Å². The molecule has 0 bridgehead atoms. The molecule has 0 saturated heterocycles. The third-order valence-electron chi connectivity index (χ3n) is 3.65. The van der Waals surface area contributed by atoms with Crippen molar-refractivity contribution in [1.82, 2.24) is 14.9 Å². The summed E-state index contributed by atoms with van der Waals surface area (Å²) in [4.78, 5) is 8.73. The Morgan fingerprint density at radius 3 is 2.96 bits per heavy atom. The van der Waals surface area contributed by atoms with Gasteiger partial charge < -0.3 is 20.4 Å². The molecule has 2 aromatic rings. The van der Waals surface area contributed by atoms with Crippen LogP contribution in [-0.4, -0.2) is 35.3 Å². The third kappa shape index (κ3) is 6.42. The first-order chi connectivity index (χ1) is 11.8. The molecule has 6 heteroatoms. The molecule has 0 amide bonds. The van der Waals surface area contributed by atoms with Gasteiger partial charge in [0.25, 0.3) is 0 Å². The van der Waals surface area contributed by atoms with Crippen LogP contribution in [0.4, 0.5) is 0 Å². The lowest BCUT2D eigenvalue weighted by atomic mass is 10.1. The first kappa shape index (κ1) is 18.0. The number of aliphatic imine (C=N–C) groups is 1. The fraction of sp³-hybridized carbons (Fsp3) is 0.444. The average molecular weight is 329 g/mol. The Balaban J connectivity index is 1.76. The molecule has 0 aliphatic carbocycles. The van der Waals surface area contributed by atoms with E-state index < -0.39 is 0 Å². The minimum atomic E-state index is 0.448. The number of nitrogens with one attached hydrogen (secondary N) is 1. The van der Waals surface area contributed by atoms with Crippen LogP contribution in [0.2, 0.25) is 0 Å². The summed E-state index contributed by atoms with van der Waals surface area (Å²) in [7, 11) is 0. The summed E-state index contributed by atoms with van der Waals surface area (Å²) in [5, 5.41) is 3.09. The van der Waals surface area contributed by atoms with E-state index in [1.807, 2.05) is 25.4 Å². The van der Waals surface area contributed by atoms with Crippen molar-refractivity contribution in [2.45, 2.75) is 32.9 Å². The van der Waals surface area contributed by atoms with E-state index in [0.29, 0.717) is 12.5 Å². The normalized spacial score (nSPS) is 11.6. The Hall–Kier alpha value is -2.34. The van der Waals surface area contributed by atoms with Crippen molar-refractivity contribution in [2.75, 3.05) is 19.8 Å². The molecule has 24 heavy (non-hydrogen) atoms. The smallest absolute Gasteiger partial charge is 0.189 e. The van der Waals surface area contributed by atoms with Crippen LogP contribution in [-0.2, 0) is 24.2 Å². The number of imidazole rings is 1. The molecule has 1 aromatic carbocycles. The molecular weight excluding hydrogens is 302 g/mol. The number of nitrogens with zero attached hydrogens (tertiary/aromatic N) is 3. The zero-order chi connectivity index (χ0) is 17.0. The molecule has 0 fully saturated rings. The van der Waals surface area contributed by atoms with Gasteiger partial charge in [-0.2, -0.15) is 0 Å². The Morgan fingerprint density at radius 2 is 2.17 bits per heavy atom. The van der Waals surface area contributed by atoms with Crippen LogP contribution in [0.1, 0.15) is 24.7 Å². The van der Waals surface area contributed by atoms with E-state index in [2.05, 4.69) is 44.1 Å². The zero-order valence-electron chi connectivity index (χ0n) is 14.3. The van der Waals surface area contributed by atoms with Crippen LogP contribution >= 0.6 is 0 Å². The Kier molecular flexibility index (Phi) is 7.83. The zero-order valence-corrected chi connectivity index (χ0v) is 14.3. The fourth-order valence-corrected chi connectivity index (χ4v) is 2.34. The molecule has 0 unspecified atom stereocenters. The van der Waals surface area contributed by atoms with Crippen molar-refractivity contribution < 1.29 is 4.74 Å². The molecule has 6 nitrogen and oxygen atoms in total. The number of rotatable bonds is 10. The van der Waals surface area contributed by atoms with Crippen molar-refractivity contribution >= 4 is 5.96 Å². The first-order valence-electron chi connectivity index (χ1n) is 8.45. The fourth-order valence-electron chi connectivity index (χ4n) is 2.34. The summed E-state index contributed by atoms with van der Waals surface area (Å²) in [6.45, 7) is 5.60. The van der Waals surface area contributed by atoms with Crippen LogP contribution in [0, 0.1) is 0 Å². The molecule has 0 spiro atoms. The van der Waals surface area contributed by atoms with Gasteiger partial charge in [-0.3, -0.25) is 0 Å². The van der Waals surface area contributed by atoms with Crippen LogP contribution in [0.25, 0.3) is 0 Å². The van der Waals surface area contributed by atoms with Crippen LogP contribution in [0.3, 0.4) is 0 Å². The first-order valence-corrected chi connectivity index (χ1v) is 8.45. The van der Waals surface area contributed by atoms with Gasteiger partial charge in [0, 0.05) is 38.7 Å². The number of aryl methyl sites for hydroxylation is 2. The van der Waals surface area contributed by atoms with E-state index in [9.17, 15) is 0 Å². The number of guanidine groups is 1. The minimum absolute atomic E-state index is 0.448. The molecule has 0 aliphatic heterocycles. The van der Waals surface area contributed by atoms with Gasteiger partial charge in [0.2, 0.25) is 0 Å². The highest BCUT2D eigenvalue weighted by molar-refractivity contribution is 5.77. The van der Waals surface area contributed by atoms with Crippen molar-refractivity contribution in [3.8, 4) is 0 Å². The largest absolute Gasteiger partial charge is 0.382 e. The summed E-state index contributed by atoms with van der Waals surface area (Å²) in [5.41, 5.74) is 7.20. The molecule has 0 aliphatic rings. The van der Waals surface area contributed by atoms with Gasteiger partial charge >= 0.3 is 0 Å². The molecule has 1 heterocycles. The van der Waals surface area contributed by atoms with Gasteiger partial charge in [-0.25, -0.2) is 9.98 Å². The van der Waals surface area contributed by atoms with Crippen LogP contribution in [0.5, 0.6) is 0 Å². The summed E-state index contributed by atoms with van der Waals surface area (Å²) in [5.74, 6) is 1.37. The van der Waals surface area contributed by atoms with Gasteiger partial charge in [-0.05, 0) is 25.3 Å². The van der Waals surface area contributed by atoms with E-state index in [1.165, 1.54) is 5.56 Å². The van der Waals surface area contributed by atoms with E-state index >= 15 is 0 Å². The summed E-state index contributed by atoms with van der Waals surface area (Å²) < 4.78 is 7.40. The molecule has 0 atom stereocenters. The van der Waals surface area contributed by atoms with Crippen LogP contribution < -0.4 is 11.1 Å². The van der Waals surface area contributed by atoms with Gasteiger partial charge in [0.15, 0.2) is 5.96 Å². The lowest BCUT2D eigenvalue weighted by Gasteiger charge is -2.08. The molecule has 2 rings (SSSR count). The quantitative estimate of drug-likeness (QED) is 0.397. The van der Waals surface area contributed by atoms with Crippen molar-refractivity contribution in [3.63, 3.8) is 0 Å². The van der Waals surface area contributed by atoms with Crippen LogP contribution in [0.15, 0.2) is 47.7 Å². The second-order valence-corrected chi connectivity index (χ2v) is 5.45. The van der Waals surface area contributed by atoms with Crippen molar-refractivity contribution in [3.05, 3.63) is 54.1 Å². The maximum atomic E-state index is 5.88. The van der Waals surface area contributed by atoms with Crippen molar-refractivity contribution in [1.29, 1.82) is 0 Å². The predicted molar refractivity (Wildman–Crippen MR) is 96.8 cm³/mol. The third-order valence-corrected chi connectivity index (χ3v) is 3.65. The highest BCUT2D eigenvalue weighted by Crippen LogP contribution is 2.05. The molecule has 1 aromatic heterocycles. The molecule has 0 saturated carbocycles. The maximum Gasteiger partial charge on any atom is 0.189 e. The molecule has 3 N–H and O–H groups in total. The standard InChI is InChI=1S/C18H27N5O/c1-2-24-14-6-10-21-18(19)22-15-17-20-11-13-23(17)12-9-16-7-4-3-5-8-16/h3-5,7-8,11,13H,2,6,9-10,12,14-15H2,1H3,(H3,19,21,22). The van der Waals surface area contributed by atoms with E-state index in [-0.39, 0.29) is 0 Å². The predicted octanol–water partition coefficient (Wildman–Crippen LogP) is 1.96. The monoisotopic (exact) mass is 329 g/mol. The van der Waals surface area contributed by atoms with Crippen molar-refractivity contribution in [2.24, 2.45) is 10.7 Å². The van der Waals surface area contributed by atoms with E-state index in [0.717, 1.165) is 45.0 Å². The second kappa shape index (κ2) is 10.4. The molecule has 130 valence electrons. The SMILES string of the molecule is CCOCCCNC(N)=NCc1nccn1CCc1ccccc1. The van der Waals surface area contributed by atoms with Gasteiger partial charge in [0.1, 0.15) is 12.4 Å². The highest BCUT2D eigenvalue weighted by Gasteiger charge is 2.03. The Morgan fingerprint density at radius 1 is 1.33 bits per heavy atom. The summed E-state index contributed by atoms with van der Waals surface area (Å²) in [6, 6.07) is 10.4. The van der Waals surface area contributed by atoms with Gasteiger partial charge in [0.05, 0.1) is 0 Å². The maximum absolute atomic E-state index is 5.88. The Bertz CT molecular complexity index is 609. The minimum Gasteiger partial charge on any atom is -0.382 e. The second-order valence-electron chi connectivity index (χ2n) is 5.45. The number of aromatic nitrogens is 2. The number of nitrogens with two attached hydrogens (primary N) is 1. The number of hydrogen-bond donors (Lipinski definition) is 2. The van der Waals surface area contributed by atoms with Gasteiger partial charge in [-0.1, -0.05) is 30.3 Å². The number of ether oxygens (including phenoxy) is 1. The van der Waals surface area contributed by atoms with Gasteiger partial charge in [-0.15, -0.1) is 0 Å². The lowest BCUT2D eigenvalue weighted by molar-refractivity contribution is 0.145. The molecule has 0 radical (unpaired) electrons. The lowest BCUT2D eigenvalue weighted by Crippen LogP contribution is -2.33. The molecular formula is C18H27N5O. The number of hydrogen-bond acceptors (Lipinski definition) is 3. The summed E-state index contributed by atoms with van der Waals surface area (Å²) >= 11 is 0. The highest BCUT2D eigenvalue weighted by atomic mass is 16.5.